The topological polar surface area (TPSA) is 81.0 Å². The van der Waals surface area contributed by atoms with E-state index in [0.29, 0.717) is 23.4 Å². The van der Waals surface area contributed by atoms with Crippen LogP contribution in [0.3, 0.4) is 0 Å². The first-order valence-electron chi connectivity index (χ1n) is 9.09. The number of hydrogen-bond donors (Lipinski definition) is 1. The van der Waals surface area contributed by atoms with Crippen molar-refractivity contribution in [2.45, 2.75) is 44.0 Å². The van der Waals surface area contributed by atoms with E-state index in [1.54, 1.807) is 0 Å². The van der Waals surface area contributed by atoms with Gasteiger partial charge in [0, 0.05) is 11.3 Å². The number of nitrogens with one attached hydrogen (secondary N) is 1. The Labute approximate surface area is 161 Å². The largest absolute Gasteiger partial charge is 0.493 e. The van der Waals surface area contributed by atoms with Crippen molar-refractivity contribution in [2.24, 2.45) is 0 Å². The molecule has 4 rings (SSSR count). The molecule has 0 saturated heterocycles. The summed E-state index contributed by atoms with van der Waals surface area (Å²) in [7, 11) is 0. The predicted octanol–water partition coefficient (Wildman–Crippen LogP) is 3.91. The first kappa shape index (κ1) is 17.9. The van der Waals surface area contributed by atoms with E-state index in [-0.39, 0.29) is 5.56 Å². The van der Waals surface area contributed by atoms with E-state index < -0.39 is 0 Å². The molecule has 0 aliphatic heterocycles. The number of ether oxygens (including phenoxy) is 1. The monoisotopic (exact) mass is 383 g/mol. The van der Waals surface area contributed by atoms with E-state index in [1.807, 2.05) is 38.1 Å². The second-order valence-corrected chi connectivity index (χ2v) is 7.35. The van der Waals surface area contributed by atoms with Crippen molar-refractivity contribution in [3.8, 4) is 17.2 Å². The average molecular weight is 383 g/mol. The molecule has 0 amide bonds. The van der Waals surface area contributed by atoms with E-state index in [4.69, 9.17) is 9.15 Å². The number of fused-ring (bicyclic) bond motifs is 1. The molecule has 7 heteroatoms. The van der Waals surface area contributed by atoms with Crippen molar-refractivity contribution >= 4 is 11.8 Å². The van der Waals surface area contributed by atoms with Crippen LogP contribution in [0.1, 0.15) is 36.1 Å². The summed E-state index contributed by atoms with van der Waals surface area (Å²) < 4.78 is 11.5. The van der Waals surface area contributed by atoms with Crippen molar-refractivity contribution in [1.29, 1.82) is 0 Å². The van der Waals surface area contributed by atoms with Crippen molar-refractivity contribution in [3.05, 3.63) is 57.3 Å². The van der Waals surface area contributed by atoms with E-state index in [1.165, 1.54) is 11.8 Å². The molecule has 0 atom stereocenters. The minimum absolute atomic E-state index is 0.0109. The predicted molar refractivity (Wildman–Crippen MR) is 104 cm³/mol. The Morgan fingerprint density at radius 1 is 1.26 bits per heavy atom. The Morgan fingerprint density at radius 3 is 2.96 bits per heavy atom. The first-order chi connectivity index (χ1) is 13.2. The fourth-order valence-electron chi connectivity index (χ4n) is 3.23. The summed E-state index contributed by atoms with van der Waals surface area (Å²) in [6.45, 7) is 4.43. The third-order valence-electron chi connectivity index (χ3n) is 4.58. The second kappa shape index (κ2) is 7.60. The van der Waals surface area contributed by atoms with Crippen LogP contribution in [-0.4, -0.2) is 21.6 Å². The molecular weight excluding hydrogens is 362 g/mol. The summed E-state index contributed by atoms with van der Waals surface area (Å²) in [5.74, 6) is 2.63. The smallest absolute Gasteiger partial charge is 0.254 e. The highest BCUT2D eigenvalue weighted by molar-refractivity contribution is 7.98. The van der Waals surface area contributed by atoms with Gasteiger partial charge < -0.3 is 14.1 Å². The van der Waals surface area contributed by atoms with Crippen LogP contribution in [0.25, 0.3) is 11.5 Å². The number of nitrogens with zero attached hydrogens (tertiary/aromatic N) is 2. The Kier molecular flexibility index (Phi) is 5.03. The van der Waals surface area contributed by atoms with Crippen molar-refractivity contribution in [1.82, 2.24) is 15.0 Å². The van der Waals surface area contributed by atoms with Crippen LogP contribution >= 0.6 is 11.8 Å². The number of aromatic amines is 1. The van der Waals surface area contributed by atoms with Crippen LogP contribution in [0, 0.1) is 6.92 Å². The molecule has 0 unspecified atom stereocenters. The molecule has 1 N–H and O–H groups in total. The Bertz CT molecular complexity index is 1030. The summed E-state index contributed by atoms with van der Waals surface area (Å²) >= 11 is 1.47. The fourth-order valence-corrected chi connectivity index (χ4v) is 4.11. The number of benzene rings is 1. The van der Waals surface area contributed by atoms with Gasteiger partial charge in [-0.15, -0.1) is 0 Å². The molecule has 0 radical (unpaired) electrons. The zero-order valence-corrected chi connectivity index (χ0v) is 16.2. The second-order valence-electron chi connectivity index (χ2n) is 6.39. The van der Waals surface area contributed by atoms with Crippen LogP contribution < -0.4 is 10.3 Å². The lowest BCUT2D eigenvalue weighted by Crippen LogP contribution is -2.14. The number of aryl methyl sites for hydroxylation is 2. The summed E-state index contributed by atoms with van der Waals surface area (Å²) in [5.41, 5.74) is 3.44. The van der Waals surface area contributed by atoms with E-state index in [2.05, 4.69) is 15.0 Å². The SMILES string of the molecule is CCOc1ccccc1-c1nc(CSc2nc3c(c(=O)[nH]2)CCC3)c(C)o1. The Balaban J connectivity index is 1.55. The highest BCUT2D eigenvalue weighted by Gasteiger charge is 2.19. The number of hydrogen-bond acceptors (Lipinski definition) is 6. The van der Waals surface area contributed by atoms with Gasteiger partial charge in [-0.1, -0.05) is 23.9 Å². The van der Waals surface area contributed by atoms with Crippen LogP contribution in [0.15, 0.2) is 38.6 Å². The maximum absolute atomic E-state index is 12.1. The van der Waals surface area contributed by atoms with Gasteiger partial charge in [0.05, 0.1) is 23.6 Å². The quantitative estimate of drug-likeness (QED) is 0.513. The maximum Gasteiger partial charge on any atom is 0.254 e. The lowest BCUT2D eigenvalue weighted by Gasteiger charge is -2.06. The number of H-pyrrole nitrogens is 1. The highest BCUT2D eigenvalue weighted by atomic mass is 32.2. The molecule has 1 aromatic carbocycles. The molecule has 0 spiro atoms. The number of para-hydroxylation sites is 1. The van der Waals surface area contributed by atoms with Crippen LogP contribution in [-0.2, 0) is 18.6 Å². The van der Waals surface area contributed by atoms with Crippen molar-refractivity contribution in [3.63, 3.8) is 0 Å². The fraction of sp³-hybridized carbons (Fsp3) is 0.350. The van der Waals surface area contributed by atoms with Gasteiger partial charge in [0.1, 0.15) is 11.5 Å². The van der Waals surface area contributed by atoms with Gasteiger partial charge in [0.25, 0.3) is 5.56 Å². The molecule has 6 nitrogen and oxygen atoms in total. The van der Waals surface area contributed by atoms with Gasteiger partial charge in [-0.25, -0.2) is 9.97 Å². The van der Waals surface area contributed by atoms with Gasteiger partial charge >= 0.3 is 0 Å². The minimum atomic E-state index is -0.0109. The van der Waals surface area contributed by atoms with Crippen LogP contribution in [0.4, 0.5) is 0 Å². The number of aromatic nitrogens is 3. The number of thioether (sulfide) groups is 1. The van der Waals surface area contributed by atoms with Gasteiger partial charge in [0.2, 0.25) is 5.89 Å². The van der Waals surface area contributed by atoms with Gasteiger partial charge in [-0.05, 0) is 45.2 Å². The molecule has 2 heterocycles. The molecule has 140 valence electrons. The normalized spacial score (nSPS) is 13.0. The van der Waals surface area contributed by atoms with Crippen LogP contribution in [0.2, 0.25) is 0 Å². The standard InChI is InChI=1S/C20H21N3O3S/c1-3-25-17-10-5-4-7-14(17)19-21-16(12(2)26-19)11-27-20-22-15-9-6-8-13(15)18(24)23-20/h4-5,7,10H,3,6,8-9,11H2,1-2H3,(H,22,23,24). The lowest BCUT2D eigenvalue weighted by atomic mass is 10.2. The molecule has 1 aliphatic carbocycles. The molecule has 1 aliphatic rings. The van der Waals surface area contributed by atoms with Gasteiger partial charge in [-0.3, -0.25) is 4.79 Å². The van der Waals surface area contributed by atoms with E-state index in [0.717, 1.165) is 53.3 Å². The summed E-state index contributed by atoms with van der Waals surface area (Å²) in [6, 6.07) is 7.71. The third-order valence-corrected chi connectivity index (χ3v) is 5.46. The summed E-state index contributed by atoms with van der Waals surface area (Å²) in [6.07, 6.45) is 2.71. The van der Waals surface area contributed by atoms with Gasteiger partial charge in [0.15, 0.2) is 5.16 Å². The molecular formula is C20H21N3O3S. The van der Waals surface area contributed by atoms with E-state index >= 15 is 0 Å². The summed E-state index contributed by atoms with van der Waals surface area (Å²) in [4.78, 5) is 24.3. The summed E-state index contributed by atoms with van der Waals surface area (Å²) in [5, 5.41) is 0.638. The molecule has 0 saturated carbocycles. The Hall–Kier alpha value is -2.54. The Morgan fingerprint density at radius 2 is 2.11 bits per heavy atom. The minimum Gasteiger partial charge on any atom is -0.493 e. The molecule has 2 aromatic heterocycles. The molecule has 27 heavy (non-hydrogen) atoms. The molecule has 0 fully saturated rings. The van der Waals surface area contributed by atoms with Crippen LogP contribution in [0.5, 0.6) is 5.75 Å². The van der Waals surface area contributed by atoms with Gasteiger partial charge in [-0.2, -0.15) is 0 Å². The number of rotatable bonds is 6. The molecule has 0 bridgehead atoms. The van der Waals surface area contributed by atoms with Crippen molar-refractivity contribution in [2.75, 3.05) is 6.61 Å². The zero-order chi connectivity index (χ0) is 18.8. The highest BCUT2D eigenvalue weighted by Crippen LogP contribution is 2.32. The first-order valence-corrected chi connectivity index (χ1v) is 10.1. The average Bonchev–Trinajstić information content (AvgIpc) is 3.27. The lowest BCUT2D eigenvalue weighted by molar-refractivity contribution is 0.340. The zero-order valence-electron chi connectivity index (χ0n) is 15.4. The van der Waals surface area contributed by atoms with E-state index in [9.17, 15) is 4.79 Å². The number of oxazole rings is 1. The maximum atomic E-state index is 12.1. The molecule has 3 aromatic rings. The third kappa shape index (κ3) is 3.64. The van der Waals surface area contributed by atoms with Crippen molar-refractivity contribution < 1.29 is 9.15 Å².